The average molecular weight is 400 g/mol. The first-order valence-electron chi connectivity index (χ1n) is 7.88. The summed E-state index contributed by atoms with van der Waals surface area (Å²) in [7, 11) is 0. The van der Waals surface area contributed by atoms with Gasteiger partial charge in [-0.25, -0.2) is 0 Å². The van der Waals surface area contributed by atoms with E-state index in [9.17, 15) is 9.59 Å². The van der Waals surface area contributed by atoms with Crippen molar-refractivity contribution in [3.05, 3.63) is 28.7 Å². The number of benzene rings is 1. The Morgan fingerprint density at radius 3 is 2.65 bits per heavy atom. The highest BCUT2D eigenvalue weighted by Gasteiger charge is 2.23. The molecule has 1 aliphatic rings. The van der Waals surface area contributed by atoms with Crippen LogP contribution in [0.5, 0.6) is 0 Å². The maximum Gasteiger partial charge on any atom is 0.316 e. The fraction of sp³-hybridized carbons (Fsp3) is 0.529. The smallest absolute Gasteiger partial charge is 0.316 e. The largest absolute Gasteiger partial charge is 0.455 e. The van der Waals surface area contributed by atoms with E-state index in [0.717, 1.165) is 28.6 Å². The van der Waals surface area contributed by atoms with Crippen molar-refractivity contribution < 1.29 is 14.3 Å². The van der Waals surface area contributed by atoms with Gasteiger partial charge >= 0.3 is 5.97 Å². The van der Waals surface area contributed by atoms with Crippen molar-refractivity contribution >= 4 is 39.6 Å². The molecular formula is C17H22BrNO3S. The number of thioether (sulfide) groups is 1. The van der Waals surface area contributed by atoms with Crippen LogP contribution in [-0.2, 0) is 14.3 Å². The molecule has 1 aromatic carbocycles. The zero-order valence-electron chi connectivity index (χ0n) is 13.2. The number of ether oxygens (including phenoxy) is 1. The van der Waals surface area contributed by atoms with Gasteiger partial charge in [-0.1, -0.05) is 35.7 Å². The molecule has 1 fully saturated rings. The Hall–Kier alpha value is -1.01. The molecule has 23 heavy (non-hydrogen) atoms. The number of esters is 1. The molecule has 0 radical (unpaired) electrons. The molecule has 1 N–H and O–H groups in total. The Kier molecular flexibility index (Phi) is 7.43. The molecule has 0 spiro atoms. The maximum atomic E-state index is 11.9. The first-order chi connectivity index (χ1) is 11.0. The number of hydrogen-bond donors (Lipinski definition) is 1. The van der Waals surface area contributed by atoms with Gasteiger partial charge in [0.15, 0.2) is 6.61 Å². The zero-order valence-corrected chi connectivity index (χ0v) is 15.6. The number of hydrogen-bond acceptors (Lipinski definition) is 4. The van der Waals surface area contributed by atoms with Crippen LogP contribution in [0.3, 0.4) is 0 Å². The van der Waals surface area contributed by atoms with Gasteiger partial charge in [0.1, 0.15) is 0 Å². The molecule has 1 amide bonds. The molecule has 126 valence electrons. The van der Waals surface area contributed by atoms with E-state index in [-0.39, 0.29) is 30.3 Å². The molecule has 0 unspecified atom stereocenters. The van der Waals surface area contributed by atoms with E-state index in [2.05, 4.69) is 28.2 Å². The van der Waals surface area contributed by atoms with Crippen molar-refractivity contribution in [1.82, 2.24) is 5.32 Å². The Bertz CT molecular complexity index is 535. The molecule has 2 atom stereocenters. The van der Waals surface area contributed by atoms with Crippen LogP contribution >= 0.6 is 27.7 Å². The lowest BCUT2D eigenvalue weighted by Crippen LogP contribution is -2.43. The molecule has 6 heteroatoms. The Morgan fingerprint density at radius 2 is 1.96 bits per heavy atom. The fourth-order valence-corrected chi connectivity index (χ4v) is 3.60. The number of amides is 1. The summed E-state index contributed by atoms with van der Waals surface area (Å²) in [4.78, 5) is 24.6. The van der Waals surface area contributed by atoms with Gasteiger partial charge in [-0.2, -0.15) is 0 Å². The molecule has 0 saturated heterocycles. The summed E-state index contributed by atoms with van der Waals surface area (Å²) in [5, 5.41) is 2.98. The Morgan fingerprint density at radius 1 is 1.26 bits per heavy atom. The summed E-state index contributed by atoms with van der Waals surface area (Å²) in [6, 6.07) is 7.92. The SMILES string of the molecule is C[C@H]1CCCC[C@@H]1NC(=O)COC(=O)CSc1ccc(Br)cc1. The molecule has 0 aliphatic heterocycles. The van der Waals surface area contributed by atoms with Gasteiger partial charge in [-0.3, -0.25) is 9.59 Å². The lowest BCUT2D eigenvalue weighted by atomic mass is 9.86. The summed E-state index contributed by atoms with van der Waals surface area (Å²) in [6.45, 7) is 1.97. The van der Waals surface area contributed by atoms with Gasteiger partial charge in [-0.15, -0.1) is 11.8 Å². The molecule has 1 saturated carbocycles. The van der Waals surface area contributed by atoms with Crippen LogP contribution in [-0.4, -0.2) is 30.3 Å². The predicted molar refractivity (Wildman–Crippen MR) is 95.4 cm³/mol. The lowest BCUT2D eigenvalue weighted by molar-refractivity contribution is -0.146. The minimum absolute atomic E-state index is 0.192. The van der Waals surface area contributed by atoms with E-state index in [1.165, 1.54) is 18.2 Å². The third-order valence-electron chi connectivity index (χ3n) is 3.99. The number of rotatable bonds is 6. The number of carbonyl (C=O) groups is 2. The lowest BCUT2D eigenvalue weighted by Gasteiger charge is -2.29. The first-order valence-corrected chi connectivity index (χ1v) is 9.66. The van der Waals surface area contributed by atoms with Crippen molar-refractivity contribution in [2.75, 3.05) is 12.4 Å². The minimum Gasteiger partial charge on any atom is -0.455 e. The second kappa shape index (κ2) is 9.33. The van der Waals surface area contributed by atoms with E-state index in [4.69, 9.17) is 4.74 Å². The monoisotopic (exact) mass is 399 g/mol. The van der Waals surface area contributed by atoms with Crippen LogP contribution < -0.4 is 5.32 Å². The minimum atomic E-state index is -0.371. The van der Waals surface area contributed by atoms with Crippen LogP contribution in [0.4, 0.5) is 0 Å². The van der Waals surface area contributed by atoms with Crippen LogP contribution in [0.25, 0.3) is 0 Å². The Balaban J connectivity index is 1.65. The zero-order chi connectivity index (χ0) is 16.7. The normalized spacial score (nSPS) is 20.8. The van der Waals surface area contributed by atoms with Crippen molar-refractivity contribution in [2.45, 2.75) is 43.5 Å². The predicted octanol–water partition coefficient (Wildman–Crippen LogP) is 3.78. The highest BCUT2D eigenvalue weighted by molar-refractivity contribution is 9.10. The van der Waals surface area contributed by atoms with Crippen LogP contribution in [0.1, 0.15) is 32.6 Å². The number of carbonyl (C=O) groups excluding carboxylic acids is 2. The molecule has 1 aromatic rings. The second-order valence-corrected chi connectivity index (χ2v) is 7.80. The summed E-state index contributed by atoms with van der Waals surface area (Å²) < 4.78 is 6.04. The van der Waals surface area contributed by atoms with Crippen LogP contribution in [0, 0.1) is 5.92 Å². The second-order valence-electron chi connectivity index (χ2n) is 5.84. The summed E-state index contributed by atoms with van der Waals surface area (Å²) in [5.41, 5.74) is 0. The maximum absolute atomic E-state index is 11.9. The van der Waals surface area contributed by atoms with E-state index in [0.29, 0.717) is 5.92 Å². The van der Waals surface area contributed by atoms with E-state index < -0.39 is 0 Å². The number of nitrogens with one attached hydrogen (secondary N) is 1. The molecule has 2 rings (SSSR count). The molecule has 0 aromatic heterocycles. The third kappa shape index (κ3) is 6.55. The van der Waals surface area contributed by atoms with Crippen LogP contribution in [0.2, 0.25) is 0 Å². The van der Waals surface area contributed by atoms with E-state index in [1.807, 2.05) is 24.3 Å². The summed E-state index contributed by atoms with van der Waals surface area (Å²) in [5.74, 6) is 0.126. The van der Waals surface area contributed by atoms with Gasteiger partial charge in [0, 0.05) is 15.4 Å². The van der Waals surface area contributed by atoms with Gasteiger partial charge in [0.2, 0.25) is 0 Å². The van der Waals surface area contributed by atoms with Gasteiger partial charge < -0.3 is 10.1 Å². The topological polar surface area (TPSA) is 55.4 Å². The summed E-state index contributed by atoms with van der Waals surface area (Å²) >= 11 is 4.76. The molecule has 0 heterocycles. The van der Waals surface area contributed by atoms with E-state index in [1.54, 1.807) is 0 Å². The van der Waals surface area contributed by atoms with Crippen LogP contribution in [0.15, 0.2) is 33.6 Å². The van der Waals surface area contributed by atoms with Crippen molar-refractivity contribution in [3.63, 3.8) is 0 Å². The first kappa shape index (κ1) is 18.3. The molecule has 0 bridgehead atoms. The van der Waals surface area contributed by atoms with Crippen molar-refractivity contribution in [1.29, 1.82) is 0 Å². The third-order valence-corrected chi connectivity index (χ3v) is 5.51. The highest BCUT2D eigenvalue weighted by Crippen LogP contribution is 2.23. The Labute approximate surface area is 149 Å². The molecule has 4 nitrogen and oxygen atoms in total. The highest BCUT2D eigenvalue weighted by atomic mass is 79.9. The van der Waals surface area contributed by atoms with Gasteiger partial charge in [0.25, 0.3) is 5.91 Å². The summed E-state index contributed by atoms with van der Waals surface area (Å²) in [6.07, 6.45) is 4.55. The van der Waals surface area contributed by atoms with Crippen molar-refractivity contribution in [3.8, 4) is 0 Å². The average Bonchev–Trinajstić information content (AvgIpc) is 2.54. The molecule has 1 aliphatic carbocycles. The van der Waals surface area contributed by atoms with Crippen molar-refractivity contribution in [2.24, 2.45) is 5.92 Å². The number of halogens is 1. The molecular weight excluding hydrogens is 378 g/mol. The van der Waals surface area contributed by atoms with Gasteiger partial charge in [0.05, 0.1) is 5.75 Å². The standard InChI is InChI=1S/C17H22BrNO3S/c1-12-4-2-3-5-15(12)19-16(20)10-22-17(21)11-23-14-8-6-13(18)7-9-14/h6-9,12,15H,2-5,10-11H2,1H3,(H,19,20)/t12-,15-/m0/s1. The fourth-order valence-electron chi connectivity index (χ4n) is 2.64. The van der Waals surface area contributed by atoms with Gasteiger partial charge in [-0.05, 0) is 43.0 Å². The quantitative estimate of drug-likeness (QED) is 0.583. The van der Waals surface area contributed by atoms with E-state index >= 15 is 0 Å².